The highest BCUT2D eigenvalue weighted by Gasteiger charge is 2.12. The van der Waals surface area contributed by atoms with Gasteiger partial charge in [-0.1, -0.05) is 20.3 Å². The Kier molecular flexibility index (Phi) is 3.84. The first kappa shape index (κ1) is 9.27. The summed E-state index contributed by atoms with van der Waals surface area (Å²) in [4.78, 5) is 10.2. The fraction of sp³-hybridized carbons (Fsp3) is 0.857. The second kappa shape index (κ2) is 4.14. The summed E-state index contributed by atoms with van der Waals surface area (Å²) >= 11 is 0. The third kappa shape index (κ3) is 3.33. The van der Waals surface area contributed by atoms with Crippen molar-refractivity contribution in [3.63, 3.8) is 0 Å². The number of ether oxygens (including phenoxy) is 1. The average molecular weight is 145 g/mol. The normalized spacial score (nSPS) is 15.9. The van der Waals surface area contributed by atoms with Gasteiger partial charge in [-0.2, -0.15) is 0 Å². The molecule has 10 heavy (non-hydrogen) atoms. The van der Waals surface area contributed by atoms with Crippen LogP contribution in [0.1, 0.15) is 27.2 Å². The third-order valence-corrected chi connectivity index (χ3v) is 1.75. The topological polar surface area (TPSA) is 52.3 Å². The van der Waals surface area contributed by atoms with E-state index in [1.54, 1.807) is 0 Å². The monoisotopic (exact) mass is 145 g/mol. The molecule has 0 aliphatic heterocycles. The minimum atomic E-state index is -0.687. The predicted octanol–water partition coefficient (Wildman–Crippen LogP) is 1.52. The van der Waals surface area contributed by atoms with Gasteiger partial charge in [0.15, 0.2) is 0 Å². The van der Waals surface area contributed by atoms with Crippen LogP contribution in [0.3, 0.4) is 0 Å². The van der Waals surface area contributed by atoms with E-state index < -0.39 is 6.09 Å². The number of carbonyl (C=O) groups is 1. The lowest BCUT2D eigenvalue weighted by molar-refractivity contribution is 0.0840. The van der Waals surface area contributed by atoms with Gasteiger partial charge in [-0.15, -0.1) is 0 Å². The Morgan fingerprint density at radius 1 is 1.60 bits per heavy atom. The van der Waals surface area contributed by atoms with E-state index in [1.165, 1.54) is 0 Å². The van der Waals surface area contributed by atoms with Gasteiger partial charge < -0.3 is 10.5 Å². The molecular formula is C7H15NO2. The Bertz CT molecular complexity index is 114. The molecule has 0 radical (unpaired) electrons. The van der Waals surface area contributed by atoms with Crippen molar-refractivity contribution in [2.45, 2.75) is 33.3 Å². The molecule has 0 rings (SSSR count). The summed E-state index contributed by atoms with van der Waals surface area (Å²) in [6, 6.07) is 0. The zero-order valence-electron chi connectivity index (χ0n) is 6.76. The molecule has 0 fully saturated rings. The molecule has 1 amide bonds. The zero-order chi connectivity index (χ0) is 8.15. The Hall–Kier alpha value is -0.730. The standard InChI is InChI=1S/C7H15NO2/c1-4-5(2)6(3)10-7(8)9/h5-6H,4H2,1-3H3,(H2,8,9). The summed E-state index contributed by atoms with van der Waals surface area (Å²) in [5.74, 6) is 0.382. The molecule has 0 heterocycles. The Labute approximate surface area is 61.5 Å². The maximum atomic E-state index is 10.2. The summed E-state index contributed by atoms with van der Waals surface area (Å²) in [6.45, 7) is 5.91. The van der Waals surface area contributed by atoms with Crippen molar-refractivity contribution in [1.29, 1.82) is 0 Å². The van der Waals surface area contributed by atoms with Gasteiger partial charge in [-0.25, -0.2) is 4.79 Å². The number of hydrogen-bond donors (Lipinski definition) is 1. The molecule has 0 aromatic rings. The molecule has 0 saturated heterocycles. The molecule has 3 heteroatoms. The molecule has 0 saturated carbocycles. The van der Waals surface area contributed by atoms with Gasteiger partial charge in [0.2, 0.25) is 0 Å². The predicted molar refractivity (Wildman–Crippen MR) is 39.6 cm³/mol. The minimum absolute atomic E-state index is 0.0671. The number of hydrogen-bond acceptors (Lipinski definition) is 2. The maximum Gasteiger partial charge on any atom is 0.404 e. The van der Waals surface area contributed by atoms with E-state index >= 15 is 0 Å². The van der Waals surface area contributed by atoms with Crippen LogP contribution in [-0.2, 0) is 4.74 Å². The van der Waals surface area contributed by atoms with Crippen LogP contribution in [0.2, 0.25) is 0 Å². The fourth-order valence-corrected chi connectivity index (χ4v) is 0.631. The van der Waals surface area contributed by atoms with Crippen molar-refractivity contribution in [2.24, 2.45) is 11.7 Å². The molecule has 3 nitrogen and oxygen atoms in total. The van der Waals surface area contributed by atoms with E-state index in [4.69, 9.17) is 10.5 Å². The van der Waals surface area contributed by atoms with Crippen LogP contribution < -0.4 is 5.73 Å². The van der Waals surface area contributed by atoms with E-state index in [0.29, 0.717) is 5.92 Å². The maximum absolute atomic E-state index is 10.2. The lowest BCUT2D eigenvalue weighted by Crippen LogP contribution is -2.25. The summed E-state index contributed by atoms with van der Waals surface area (Å²) in [5, 5.41) is 0. The molecule has 0 aromatic carbocycles. The van der Waals surface area contributed by atoms with Crippen LogP contribution in [-0.4, -0.2) is 12.2 Å². The fourth-order valence-electron chi connectivity index (χ4n) is 0.631. The van der Waals surface area contributed by atoms with Gasteiger partial charge in [0, 0.05) is 0 Å². The number of rotatable bonds is 3. The van der Waals surface area contributed by atoms with Crippen LogP contribution in [0, 0.1) is 5.92 Å². The molecule has 0 aliphatic rings. The quantitative estimate of drug-likeness (QED) is 0.654. The molecule has 2 N–H and O–H groups in total. The van der Waals surface area contributed by atoms with Crippen LogP contribution >= 0.6 is 0 Å². The van der Waals surface area contributed by atoms with Crippen molar-refractivity contribution >= 4 is 6.09 Å². The molecule has 2 unspecified atom stereocenters. The Balaban J connectivity index is 3.61. The smallest absolute Gasteiger partial charge is 0.404 e. The first-order valence-corrected chi connectivity index (χ1v) is 3.54. The Morgan fingerprint density at radius 3 is 2.40 bits per heavy atom. The van der Waals surface area contributed by atoms with Gasteiger partial charge in [0.1, 0.15) is 6.10 Å². The van der Waals surface area contributed by atoms with Crippen molar-refractivity contribution in [2.75, 3.05) is 0 Å². The van der Waals surface area contributed by atoms with Gasteiger partial charge >= 0.3 is 6.09 Å². The van der Waals surface area contributed by atoms with Crippen LogP contribution in [0.15, 0.2) is 0 Å². The van der Waals surface area contributed by atoms with Crippen LogP contribution in [0.5, 0.6) is 0 Å². The van der Waals surface area contributed by atoms with E-state index in [2.05, 4.69) is 0 Å². The SMILES string of the molecule is CCC(C)C(C)OC(N)=O. The van der Waals surface area contributed by atoms with Crippen LogP contribution in [0.25, 0.3) is 0 Å². The molecule has 0 aromatic heterocycles. The highest BCUT2D eigenvalue weighted by atomic mass is 16.6. The lowest BCUT2D eigenvalue weighted by atomic mass is 10.0. The summed E-state index contributed by atoms with van der Waals surface area (Å²) in [6.07, 6.45) is 0.240. The number of primary amides is 1. The molecule has 0 aliphatic carbocycles. The molecule has 0 bridgehead atoms. The highest BCUT2D eigenvalue weighted by Crippen LogP contribution is 2.09. The summed E-state index contributed by atoms with van der Waals surface area (Å²) in [5.41, 5.74) is 4.82. The van der Waals surface area contributed by atoms with Crippen molar-refractivity contribution in [1.82, 2.24) is 0 Å². The number of nitrogens with two attached hydrogens (primary N) is 1. The second-order valence-electron chi connectivity index (χ2n) is 2.53. The van der Waals surface area contributed by atoms with Gasteiger partial charge in [-0.3, -0.25) is 0 Å². The highest BCUT2D eigenvalue weighted by molar-refractivity contribution is 5.64. The largest absolute Gasteiger partial charge is 0.446 e. The van der Waals surface area contributed by atoms with Crippen molar-refractivity contribution in [3.8, 4) is 0 Å². The van der Waals surface area contributed by atoms with Crippen LogP contribution in [0.4, 0.5) is 4.79 Å². The summed E-state index contributed by atoms with van der Waals surface area (Å²) in [7, 11) is 0. The third-order valence-electron chi connectivity index (χ3n) is 1.75. The molecular weight excluding hydrogens is 130 g/mol. The lowest BCUT2D eigenvalue weighted by Gasteiger charge is -2.16. The zero-order valence-corrected chi connectivity index (χ0v) is 6.76. The molecule has 0 spiro atoms. The van der Waals surface area contributed by atoms with E-state index in [0.717, 1.165) is 6.42 Å². The molecule has 2 atom stereocenters. The van der Waals surface area contributed by atoms with Gasteiger partial charge in [0.25, 0.3) is 0 Å². The van der Waals surface area contributed by atoms with E-state index in [1.807, 2.05) is 20.8 Å². The molecule has 60 valence electrons. The second-order valence-corrected chi connectivity index (χ2v) is 2.53. The average Bonchev–Trinajstić information content (AvgIpc) is 1.85. The van der Waals surface area contributed by atoms with E-state index in [-0.39, 0.29) is 6.10 Å². The first-order valence-electron chi connectivity index (χ1n) is 3.54. The van der Waals surface area contributed by atoms with Gasteiger partial charge in [-0.05, 0) is 12.8 Å². The number of amides is 1. The Morgan fingerprint density at radius 2 is 2.10 bits per heavy atom. The first-order chi connectivity index (χ1) is 4.57. The summed E-state index contributed by atoms with van der Waals surface area (Å²) < 4.78 is 4.74. The van der Waals surface area contributed by atoms with Crippen molar-refractivity contribution in [3.05, 3.63) is 0 Å². The number of carbonyl (C=O) groups excluding carboxylic acids is 1. The van der Waals surface area contributed by atoms with Crippen molar-refractivity contribution < 1.29 is 9.53 Å². The minimum Gasteiger partial charge on any atom is -0.446 e. The van der Waals surface area contributed by atoms with Gasteiger partial charge in [0.05, 0.1) is 0 Å². The van der Waals surface area contributed by atoms with E-state index in [9.17, 15) is 4.79 Å².